The van der Waals surface area contributed by atoms with E-state index in [9.17, 15) is 0 Å². The molecule has 5 aliphatic carbocycles. The molecule has 10 atom stereocenters. The van der Waals surface area contributed by atoms with Gasteiger partial charge in [-0.3, -0.25) is 0 Å². The fraction of sp³-hybridized carbons (Fsp3) is 1.00. The number of hydrogen-bond donors (Lipinski definition) is 0. The molecule has 2 nitrogen and oxygen atoms in total. The molecule has 0 amide bonds. The predicted octanol–water partition coefficient (Wildman–Crippen LogP) is 9.67. The van der Waals surface area contributed by atoms with E-state index in [1.165, 1.54) is 51.4 Å². The van der Waals surface area contributed by atoms with Gasteiger partial charge in [0.25, 0.3) is 0 Å². The fourth-order valence-corrected chi connectivity index (χ4v) is 12.3. The van der Waals surface area contributed by atoms with Crippen molar-refractivity contribution in [2.45, 2.75) is 155 Å². The van der Waals surface area contributed by atoms with Gasteiger partial charge >= 0.3 is 0 Å². The first kappa shape index (κ1) is 27.9. The Bertz CT molecular complexity index is 853. The molecule has 5 fully saturated rings. The molecule has 3 unspecified atom stereocenters. The van der Waals surface area contributed by atoms with Crippen LogP contribution in [0.1, 0.15) is 107 Å². The third-order valence-electron chi connectivity index (χ3n) is 13.8. The molecule has 5 saturated carbocycles. The SMILES string of the molecule is CC(C)(C)[Si](C)(C)O[C@@H]1[C@@H]2C[C@@H]2C[C@]2(C)C3CC[C@@]4(C)C(CC[C@@H]4O[Si](C)(C)C(C)(C)C)C3CC[C@@H]12. The summed E-state index contributed by atoms with van der Waals surface area (Å²) in [6, 6.07) is 0. The molecule has 0 aromatic carbocycles. The topological polar surface area (TPSA) is 18.5 Å². The van der Waals surface area contributed by atoms with Gasteiger partial charge in [0.15, 0.2) is 16.6 Å². The van der Waals surface area contributed by atoms with Crippen LogP contribution in [-0.2, 0) is 8.85 Å². The van der Waals surface area contributed by atoms with E-state index in [2.05, 4.69) is 81.6 Å². The molecule has 0 radical (unpaired) electrons. The lowest BCUT2D eigenvalue weighted by Gasteiger charge is -2.62. The van der Waals surface area contributed by atoms with Crippen LogP contribution in [0.4, 0.5) is 0 Å². The first-order chi connectivity index (χ1) is 16.3. The van der Waals surface area contributed by atoms with Crippen molar-refractivity contribution in [3.05, 3.63) is 0 Å². The summed E-state index contributed by atoms with van der Waals surface area (Å²) in [5.74, 6) is 5.32. The third-order valence-corrected chi connectivity index (χ3v) is 22.8. The van der Waals surface area contributed by atoms with Crippen molar-refractivity contribution < 1.29 is 8.85 Å². The smallest absolute Gasteiger partial charge is 0.192 e. The summed E-state index contributed by atoms with van der Waals surface area (Å²) in [4.78, 5) is 0. The summed E-state index contributed by atoms with van der Waals surface area (Å²) in [5.41, 5.74) is 0.890. The van der Waals surface area contributed by atoms with E-state index >= 15 is 0 Å². The lowest BCUT2D eigenvalue weighted by molar-refractivity contribution is -0.147. The lowest BCUT2D eigenvalue weighted by atomic mass is 9.45. The lowest BCUT2D eigenvalue weighted by Crippen LogP contribution is -2.59. The molecule has 5 rings (SSSR count). The summed E-state index contributed by atoms with van der Waals surface area (Å²) < 4.78 is 14.5. The molecule has 0 saturated heterocycles. The second kappa shape index (κ2) is 8.43. The van der Waals surface area contributed by atoms with Gasteiger partial charge in [-0.2, -0.15) is 0 Å². The van der Waals surface area contributed by atoms with Gasteiger partial charge in [0.05, 0.1) is 12.2 Å². The van der Waals surface area contributed by atoms with Crippen LogP contribution in [0, 0.1) is 46.3 Å². The molecule has 0 N–H and O–H groups in total. The summed E-state index contributed by atoms with van der Waals surface area (Å²) in [6.07, 6.45) is 12.4. The minimum Gasteiger partial charge on any atom is -0.413 e. The average molecular weight is 533 g/mol. The summed E-state index contributed by atoms with van der Waals surface area (Å²) in [5, 5.41) is 0.602. The van der Waals surface area contributed by atoms with Crippen molar-refractivity contribution in [3.8, 4) is 0 Å². The second-order valence-corrected chi connectivity index (χ2v) is 27.3. The normalized spacial score (nSPS) is 47.0. The van der Waals surface area contributed by atoms with Crippen molar-refractivity contribution >= 4 is 16.6 Å². The molecule has 208 valence electrons. The Kier molecular flexibility index (Phi) is 6.53. The highest BCUT2D eigenvalue weighted by Crippen LogP contribution is 2.71. The maximum absolute atomic E-state index is 7.35. The van der Waals surface area contributed by atoms with Gasteiger partial charge in [-0.1, -0.05) is 55.4 Å². The van der Waals surface area contributed by atoms with Gasteiger partial charge in [0.1, 0.15) is 0 Å². The summed E-state index contributed by atoms with van der Waals surface area (Å²) >= 11 is 0. The molecular weight excluding hydrogens is 473 g/mol. The van der Waals surface area contributed by atoms with Crippen LogP contribution in [-0.4, -0.2) is 28.8 Å². The first-order valence-electron chi connectivity index (χ1n) is 15.7. The maximum Gasteiger partial charge on any atom is 0.192 e. The van der Waals surface area contributed by atoms with E-state index < -0.39 is 16.6 Å². The second-order valence-electron chi connectivity index (χ2n) is 17.8. The van der Waals surface area contributed by atoms with E-state index in [1.54, 1.807) is 0 Å². The highest BCUT2D eigenvalue weighted by Gasteiger charge is 2.67. The minimum atomic E-state index is -1.75. The molecule has 0 heterocycles. The van der Waals surface area contributed by atoms with Crippen molar-refractivity contribution in [2.75, 3.05) is 0 Å². The van der Waals surface area contributed by atoms with Crippen LogP contribution in [0.2, 0.25) is 36.3 Å². The van der Waals surface area contributed by atoms with E-state index in [-0.39, 0.29) is 0 Å². The Morgan fingerprint density at radius 3 is 1.81 bits per heavy atom. The Balaban J connectivity index is 1.37. The maximum atomic E-state index is 7.35. The monoisotopic (exact) mass is 532 g/mol. The summed E-state index contributed by atoms with van der Waals surface area (Å²) in [7, 11) is -3.50. The molecule has 5 aliphatic rings. The van der Waals surface area contributed by atoms with Crippen LogP contribution < -0.4 is 0 Å². The fourth-order valence-electron chi connectivity index (χ4n) is 9.46. The van der Waals surface area contributed by atoms with Crippen molar-refractivity contribution in [3.63, 3.8) is 0 Å². The van der Waals surface area contributed by atoms with Crippen LogP contribution in [0.15, 0.2) is 0 Å². The standard InChI is InChI=1S/C32H60O2Si2/c1-29(2,3)35(9,10)33-27-16-15-24-22-13-14-26-28(34-36(11,12)30(4,5)6)23-19-21(23)20-32(26,8)25(22)17-18-31(24,27)7/h21-28H,13-20H2,1-12H3/t21-,22?,23-,24?,25?,26+,27+,28-,31+,32-/m1/s1. The van der Waals surface area contributed by atoms with Crippen LogP contribution >= 0.6 is 0 Å². The van der Waals surface area contributed by atoms with Crippen molar-refractivity contribution in [1.29, 1.82) is 0 Å². The number of fused-ring (bicyclic) bond motifs is 6. The van der Waals surface area contributed by atoms with Gasteiger partial charge in [0.2, 0.25) is 0 Å². The zero-order valence-corrected chi connectivity index (χ0v) is 28.1. The largest absolute Gasteiger partial charge is 0.413 e. The van der Waals surface area contributed by atoms with E-state index in [4.69, 9.17) is 8.85 Å². The molecule has 0 spiro atoms. The van der Waals surface area contributed by atoms with Crippen LogP contribution in [0.3, 0.4) is 0 Å². The highest BCUT2D eigenvalue weighted by atomic mass is 28.4. The molecule has 36 heavy (non-hydrogen) atoms. The quantitative estimate of drug-likeness (QED) is 0.335. The van der Waals surface area contributed by atoms with Crippen LogP contribution in [0.25, 0.3) is 0 Å². The summed E-state index contributed by atoms with van der Waals surface area (Å²) in [6.45, 7) is 29.8. The van der Waals surface area contributed by atoms with Crippen LogP contribution in [0.5, 0.6) is 0 Å². The van der Waals surface area contributed by atoms with Gasteiger partial charge in [-0.25, -0.2) is 0 Å². The molecule has 0 aromatic rings. The van der Waals surface area contributed by atoms with Crippen molar-refractivity contribution in [1.82, 2.24) is 0 Å². The average Bonchev–Trinajstić information content (AvgIpc) is 3.40. The molecule has 0 aliphatic heterocycles. The Morgan fingerprint density at radius 1 is 0.639 bits per heavy atom. The number of rotatable bonds is 4. The highest BCUT2D eigenvalue weighted by molar-refractivity contribution is 6.74. The third kappa shape index (κ3) is 4.20. The Morgan fingerprint density at radius 2 is 1.19 bits per heavy atom. The van der Waals surface area contributed by atoms with Gasteiger partial charge in [-0.15, -0.1) is 0 Å². The van der Waals surface area contributed by atoms with Gasteiger partial charge < -0.3 is 8.85 Å². The minimum absolute atomic E-state index is 0.298. The van der Waals surface area contributed by atoms with E-state index in [0.717, 1.165) is 35.5 Å². The Hall–Kier alpha value is 0.354. The molecule has 0 aromatic heterocycles. The van der Waals surface area contributed by atoms with E-state index in [0.29, 0.717) is 33.1 Å². The number of hydrogen-bond acceptors (Lipinski definition) is 2. The molecule has 4 heteroatoms. The Labute approximate surface area is 226 Å². The van der Waals surface area contributed by atoms with E-state index in [1.807, 2.05) is 0 Å². The zero-order valence-electron chi connectivity index (χ0n) is 26.1. The predicted molar refractivity (Wildman–Crippen MR) is 158 cm³/mol. The molecular formula is C32H60O2Si2. The zero-order chi connectivity index (χ0) is 26.7. The van der Waals surface area contributed by atoms with Gasteiger partial charge in [0, 0.05) is 0 Å². The first-order valence-corrected chi connectivity index (χ1v) is 21.5. The van der Waals surface area contributed by atoms with Crippen molar-refractivity contribution in [2.24, 2.45) is 46.3 Å². The molecule has 0 bridgehead atoms. The van der Waals surface area contributed by atoms with Gasteiger partial charge in [-0.05, 0) is 134 Å².